The molecule has 0 amide bonds. The van der Waals surface area contributed by atoms with Crippen molar-refractivity contribution < 1.29 is 4.92 Å². The molecule has 0 N–H and O–H groups in total. The van der Waals surface area contributed by atoms with E-state index in [-0.39, 0.29) is 5.69 Å². The van der Waals surface area contributed by atoms with E-state index in [1.165, 1.54) is 6.07 Å². The van der Waals surface area contributed by atoms with Gasteiger partial charge in [0.2, 0.25) is 0 Å². The van der Waals surface area contributed by atoms with Gasteiger partial charge in [0, 0.05) is 24.1 Å². The lowest BCUT2D eigenvalue weighted by Crippen LogP contribution is -1.97. The molecule has 0 radical (unpaired) electrons. The van der Waals surface area contributed by atoms with Gasteiger partial charge >= 0.3 is 0 Å². The molecular weight excluding hydrogens is 194 g/mol. The van der Waals surface area contributed by atoms with Crippen molar-refractivity contribution in [3.63, 3.8) is 0 Å². The lowest BCUT2D eigenvalue weighted by molar-refractivity contribution is -0.384. The maximum Gasteiger partial charge on any atom is 0.270 e. The molecule has 0 aliphatic heterocycles. The van der Waals surface area contributed by atoms with Crippen LogP contribution >= 0.6 is 0 Å². The quantitative estimate of drug-likeness (QED) is 0.570. The normalized spacial score (nSPS) is 10.7. The number of fused-ring (bicyclic) bond motifs is 1. The van der Waals surface area contributed by atoms with Gasteiger partial charge in [0.25, 0.3) is 5.69 Å². The zero-order valence-electron chi connectivity index (χ0n) is 8.38. The van der Waals surface area contributed by atoms with Crippen molar-refractivity contribution in [1.82, 2.24) is 9.78 Å². The number of aryl methyl sites for hydroxylation is 1. The number of hydrogen-bond donors (Lipinski definition) is 0. The molecule has 5 heteroatoms. The van der Waals surface area contributed by atoms with E-state index in [9.17, 15) is 10.1 Å². The Hall–Kier alpha value is -1.91. The van der Waals surface area contributed by atoms with Crippen molar-refractivity contribution in [2.75, 3.05) is 0 Å². The molecule has 1 aromatic heterocycles. The number of hydrogen-bond acceptors (Lipinski definition) is 3. The third-order valence-electron chi connectivity index (χ3n) is 2.27. The Labute approximate surface area is 86.5 Å². The highest BCUT2D eigenvalue weighted by Gasteiger charge is 2.08. The SMILES string of the molecule is CCCn1ncc2cc([N+](=O)[O-])ccc21. The summed E-state index contributed by atoms with van der Waals surface area (Å²) in [5.41, 5.74) is 1.06. The van der Waals surface area contributed by atoms with E-state index in [1.54, 1.807) is 18.3 Å². The van der Waals surface area contributed by atoms with E-state index in [0.717, 1.165) is 23.9 Å². The summed E-state index contributed by atoms with van der Waals surface area (Å²) in [6.07, 6.45) is 2.66. The first-order valence-corrected chi connectivity index (χ1v) is 4.82. The van der Waals surface area contributed by atoms with Crippen LogP contribution in [0, 0.1) is 10.1 Å². The van der Waals surface area contributed by atoms with Gasteiger partial charge in [-0.1, -0.05) is 6.92 Å². The molecule has 0 atom stereocenters. The Bertz CT molecular complexity index is 504. The zero-order valence-corrected chi connectivity index (χ0v) is 8.38. The molecule has 5 nitrogen and oxygen atoms in total. The predicted molar refractivity (Wildman–Crippen MR) is 56.7 cm³/mol. The molecule has 0 saturated heterocycles. The summed E-state index contributed by atoms with van der Waals surface area (Å²) < 4.78 is 1.86. The summed E-state index contributed by atoms with van der Waals surface area (Å²) >= 11 is 0. The lowest BCUT2D eigenvalue weighted by atomic mass is 10.2. The van der Waals surface area contributed by atoms with E-state index in [0.29, 0.717) is 0 Å². The Balaban J connectivity index is 2.51. The van der Waals surface area contributed by atoms with Gasteiger partial charge in [-0.2, -0.15) is 5.10 Å². The van der Waals surface area contributed by atoms with Crippen molar-refractivity contribution in [2.45, 2.75) is 19.9 Å². The van der Waals surface area contributed by atoms with Crippen LogP contribution in [0.3, 0.4) is 0 Å². The van der Waals surface area contributed by atoms with Gasteiger partial charge in [-0.15, -0.1) is 0 Å². The molecule has 0 aliphatic carbocycles. The van der Waals surface area contributed by atoms with E-state index < -0.39 is 4.92 Å². The second-order valence-electron chi connectivity index (χ2n) is 3.37. The monoisotopic (exact) mass is 205 g/mol. The van der Waals surface area contributed by atoms with Gasteiger partial charge in [-0.3, -0.25) is 14.8 Å². The fraction of sp³-hybridized carbons (Fsp3) is 0.300. The van der Waals surface area contributed by atoms with Gasteiger partial charge < -0.3 is 0 Å². The Morgan fingerprint density at radius 2 is 2.33 bits per heavy atom. The number of nitro groups is 1. The molecule has 0 aliphatic rings. The van der Waals surface area contributed by atoms with Gasteiger partial charge in [0.15, 0.2) is 0 Å². The summed E-state index contributed by atoms with van der Waals surface area (Å²) in [5, 5.41) is 15.6. The molecule has 1 aromatic carbocycles. The molecule has 0 unspecified atom stereocenters. The Morgan fingerprint density at radius 3 is 3.00 bits per heavy atom. The lowest BCUT2D eigenvalue weighted by Gasteiger charge is -1.99. The van der Waals surface area contributed by atoms with Gasteiger partial charge in [0.05, 0.1) is 16.6 Å². The minimum absolute atomic E-state index is 0.110. The highest BCUT2D eigenvalue weighted by Crippen LogP contribution is 2.20. The number of rotatable bonds is 3. The van der Waals surface area contributed by atoms with Gasteiger partial charge in [-0.25, -0.2) is 0 Å². The Morgan fingerprint density at radius 1 is 1.53 bits per heavy atom. The van der Waals surface area contributed by atoms with Crippen molar-refractivity contribution in [3.8, 4) is 0 Å². The number of benzene rings is 1. The van der Waals surface area contributed by atoms with E-state index in [2.05, 4.69) is 12.0 Å². The van der Waals surface area contributed by atoms with Crippen LogP contribution in [0.2, 0.25) is 0 Å². The van der Waals surface area contributed by atoms with Gasteiger partial charge in [-0.05, 0) is 12.5 Å². The first-order valence-electron chi connectivity index (χ1n) is 4.82. The number of nitrogens with zero attached hydrogens (tertiary/aromatic N) is 3. The van der Waals surface area contributed by atoms with Crippen molar-refractivity contribution in [3.05, 3.63) is 34.5 Å². The highest BCUT2D eigenvalue weighted by atomic mass is 16.6. The standard InChI is InChI=1S/C10H11N3O2/c1-2-5-12-10-4-3-9(13(14)15)6-8(10)7-11-12/h3-4,6-7H,2,5H2,1H3. The number of nitro benzene ring substituents is 1. The zero-order chi connectivity index (χ0) is 10.8. The summed E-state index contributed by atoms with van der Waals surface area (Å²) in [7, 11) is 0. The fourth-order valence-electron chi connectivity index (χ4n) is 1.58. The van der Waals surface area contributed by atoms with Crippen LogP contribution in [-0.4, -0.2) is 14.7 Å². The summed E-state index contributed by atoms with van der Waals surface area (Å²) in [6, 6.07) is 4.81. The molecular formula is C10H11N3O2. The van der Waals surface area contributed by atoms with Crippen LogP contribution in [0.4, 0.5) is 5.69 Å². The molecule has 0 fully saturated rings. The maximum atomic E-state index is 10.6. The third kappa shape index (κ3) is 1.68. The number of aromatic nitrogens is 2. The van der Waals surface area contributed by atoms with Crippen LogP contribution in [-0.2, 0) is 6.54 Å². The van der Waals surface area contributed by atoms with E-state index in [4.69, 9.17) is 0 Å². The first kappa shape index (κ1) is 9.64. The van der Waals surface area contributed by atoms with Crippen molar-refractivity contribution >= 4 is 16.6 Å². The third-order valence-corrected chi connectivity index (χ3v) is 2.27. The van der Waals surface area contributed by atoms with Crippen LogP contribution < -0.4 is 0 Å². The molecule has 1 heterocycles. The maximum absolute atomic E-state index is 10.6. The van der Waals surface area contributed by atoms with Crippen LogP contribution in [0.25, 0.3) is 10.9 Å². The minimum Gasteiger partial charge on any atom is -0.265 e. The molecule has 78 valence electrons. The number of non-ortho nitro benzene ring substituents is 1. The second kappa shape index (κ2) is 3.68. The van der Waals surface area contributed by atoms with Crippen LogP contribution in [0.15, 0.2) is 24.4 Å². The molecule has 2 rings (SSSR count). The minimum atomic E-state index is -0.392. The highest BCUT2D eigenvalue weighted by molar-refractivity contribution is 5.81. The molecule has 0 saturated carbocycles. The average Bonchev–Trinajstić information content (AvgIpc) is 2.61. The largest absolute Gasteiger partial charge is 0.270 e. The molecule has 2 aromatic rings. The molecule has 0 bridgehead atoms. The van der Waals surface area contributed by atoms with Crippen LogP contribution in [0.1, 0.15) is 13.3 Å². The van der Waals surface area contributed by atoms with Crippen molar-refractivity contribution in [2.24, 2.45) is 0 Å². The van der Waals surface area contributed by atoms with E-state index in [1.807, 2.05) is 4.68 Å². The van der Waals surface area contributed by atoms with Gasteiger partial charge in [0.1, 0.15) is 0 Å². The smallest absolute Gasteiger partial charge is 0.265 e. The van der Waals surface area contributed by atoms with E-state index >= 15 is 0 Å². The molecule has 15 heavy (non-hydrogen) atoms. The fourth-order valence-corrected chi connectivity index (χ4v) is 1.58. The van der Waals surface area contributed by atoms with Crippen LogP contribution in [0.5, 0.6) is 0 Å². The summed E-state index contributed by atoms with van der Waals surface area (Å²) in [6.45, 7) is 2.90. The molecule has 0 spiro atoms. The Kier molecular flexibility index (Phi) is 2.37. The summed E-state index contributed by atoms with van der Waals surface area (Å²) in [5.74, 6) is 0. The second-order valence-corrected chi connectivity index (χ2v) is 3.37. The first-order chi connectivity index (χ1) is 7.22. The predicted octanol–water partition coefficient (Wildman–Crippen LogP) is 2.35. The average molecular weight is 205 g/mol. The topological polar surface area (TPSA) is 61.0 Å². The summed E-state index contributed by atoms with van der Waals surface area (Å²) in [4.78, 5) is 10.2. The van der Waals surface area contributed by atoms with Crippen molar-refractivity contribution in [1.29, 1.82) is 0 Å².